The summed E-state index contributed by atoms with van der Waals surface area (Å²) in [7, 11) is 1.82. The zero-order valence-corrected chi connectivity index (χ0v) is 10.5. The lowest BCUT2D eigenvalue weighted by molar-refractivity contribution is 0.0684. The van der Waals surface area contributed by atoms with Gasteiger partial charge in [0.1, 0.15) is 0 Å². The van der Waals surface area contributed by atoms with Gasteiger partial charge in [0.15, 0.2) is 11.6 Å². The van der Waals surface area contributed by atoms with Gasteiger partial charge in [0.25, 0.3) is 0 Å². The molecule has 1 aliphatic heterocycles. The maximum absolute atomic E-state index is 13.5. The number of nitrogens with zero attached hydrogens (tertiary/aromatic N) is 3. The zero-order chi connectivity index (χ0) is 12.3. The highest BCUT2D eigenvalue weighted by Gasteiger charge is 2.18. The molecule has 0 aromatic carbocycles. The molecule has 0 aliphatic carbocycles. The van der Waals surface area contributed by atoms with Gasteiger partial charge in [-0.3, -0.25) is 0 Å². The Hall–Kier alpha value is -0.940. The van der Waals surface area contributed by atoms with Gasteiger partial charge in [0.05, 0.1) is 6.20 Å². The van der Waals surface area contributed by atoms with E-state index >= 15 is 0 Å². The number of hydrogen-bond donors (Lipinski definition) is 0. The number of aromatic nitrogens is 2. The monoisotopic (exact) mass is 259 g/mol. The molecule has 17 heavy (non-hydrogen) atoms. The van der Waals surface area contributed by atoms with Crippen LogP contribution in [0.25, 0.3) is 0 Å². The van der Waals surface area contributed by atoms with E-state index in [1.54, 1.807) is 4.90 Å². The van der Waals surface area contributed by atoms with Gasteiger partial charge in [-0.1, -0.05) is 0 Å². The van der Waals surface area contributed by atoms with Crippen LogP contribution in [-0.4, -0.2) is 36.8 Å². The molecule has 4 nitrogen and oxygen atoms in total. The molecule has 0 amide bonds. The van der Waals surface area contributed by atoms with Gasteiger partial charge >= 0.3 is 0 Å². The average Bonchev–Trinajstić information content (AvgIpc) is 2.33. The van der Waals surface area contributed by atoms with E-state index in [4.69, 9.17) is 16.3 Å². The van der Waals surface area contributed by atoms with Crippen molar-refractivity contribution in [3.63, 3.8) is 0 Å². The lowest BCUT2D eigenvalue weighted by Gasteiger charge is -2.27. The number of ether oxygens (including phenoxy) is 1. The minimum Gasteiger partial charge on any atom is -0.381 e. The van der Waals surface area contributed by atoms with Crippen molar-refractivity contribution in [2.24, 2.45) is 5.92 Å². The molecule has 0 spiro atoms. The van der Waals surface area contributed by atoms with E-state index in [-0.39, 0.29) is 11.1 Å². The van der Waals surface area contributed by atoms with Crippen molar-refractivity contribution in [3.05, 3.63) is 17.3 Å². The zero-order valence-electron chi connectivity index (χ0n) is 9.70. The molecule has 0 N–H and O–H groups in total. The van der Waals surface area contributed by atoms with Gasteiger partial charge in [-0.05, 0) is 30.4 Å². The second-order valence-corrected chi connectivity index (χ2v) is 4.58. The molecule has 94 valence electrons. The van der Waals surface area contributed by atoms with Crippen molar-refractivity contribution in [3.8, 4) is 0 Å². The van der Waals surface area contributed by atoms with Crippen molar-refractivity contribution in [1.82, 2.24) is 9.97 Å². The summed E-state index contributed by atoms with van der Waals surface area (Å²) in [6, 6.07) is 0. The summed E-state index contributed by atoms with van der Waals surface area (Å²) in [4.78, 5) is 9.30. The molecule has 0 bridgehead atoms. The Morgan fingerprint density at radius 1 is 1.53 bits per heavy atom. The van der Waals surface area contributed by atoms with Crippen LogP contribution in [0.3, 0.4) is 0 Å². The molecule has 1 aliphatic rings. The van der Waals surface area contributed by atoms with E-state index < -0.39 is 5.82 Å². The second-order valence-electron chi connectivity index (χ2n) is 4.25. The topological polar surface area (TPSA) is 38.2 Å². The van der Waals surface area contributed by atoms with Gasteiger partial charge in [-0.25, -0.2) is 9.37 Å². The highest BCUT2D eigenvalue weighted by atomic mass is 35.5. The molecule has 1 fully saturated rings. The van der Waals surface area contributed by atoms with Crippen LogP contribution in [-0.2, 0) is 4.74 Å². The largest absolute Gasteiger partial charge is 0.381 e. The van der Waals surface area contributed by atoms with Crippen LogP contribution in [0.15, 0.2) is 6.20 Å². The van der Waals surface area contributed by atoms with Crippen LogP contribution in [0.5, 0.6) is 0 Å². The Kier molecular flexibility index (Phi) is 4.12. The summed E-state index contributed by atoms with van der Waals surface area (Å²) in [5.74, 6) is 0.336. The van der Waals surface area contributed by atoms with Gasteiger partial charge in [-0.15, -0.1) is 0 Å². The Balaban J connectivity index is 2.02. The highest BCUT2D eigenvalue weighted by molar-refractivity contribution is 6.28. The predicted octanol–water partition coefficient (Wildman–Crippen LogP) is 2.13. The Morgan fingerprint density at radius 2 is 2.24 bits per heavy atom. The van der Waals surface area contributed by atoms with Crippen LogP contribution in [0.4, 0.5) is 10.2 Å². The van der Waals surface area contributed by atoms with Crippen molar-refractivity contribution >= 4 is 17.4 Å². The molecule has 6 heteroatoms. The SMILES string of the molecule is CN(CC1CCOCC1)c1nc(Cl)ncc1F. The molecule has 2 heterocycles. The van der Waals surface area contributed by atoms with Crippen molar-refractivity contribution in [1.29, 1.82) is 0 Å². The average molecular weight is 260 g/mol. The molecule has 2 rings (SSSR count). The van der Waals surface area contributed by atoms with Crippen molar-refractivity contribution < 1.29 is 9.13 Å². The minimum absolute atomic E-state index is 0.0697. The third-order valence-electron chi connectivity index (χ3n) is 2.93. The summed E-state index contributed by atoms with van der Waals surface area (Å²) < 4.78 is 18.8. The maximum atomic E-state index is 13.5. The Bertz CT molecular complexity index is 385. The maximum Gasteiger partial charge on any atom is 0.224 e. The standard InChI is InChI=1S/C11H15ClFN3O/c1-16(7-8-2-4-17-5-3-8)10-9(13)6-14-11(12)15-10/h6,8H,2-5,7H2,1H3. The highest BCUT2D eigenvalue weighted by Crippen LogP contribution is 2.21. The fraction of sp³-hybridized carbons (Fsp3) is 0.636. The molecule has 1 saturated heterocycles. The van der Waals surface area contributed by atoms with E-state index in [1.165, 1.54) is 0 Å². The third kappa shape index (κ3) is 3.26. The second kappa shape index (κ2) is 5.60. The van der Waals surface area contributed by atoms with Gasteiger partial charge in [-0.2, -0.15) is 4.98 Å². The lowest BCUT2D eigenvalue weighted by Crippen LogP contribution is -2.30. The molecule has 0 unspecified atom stereocenters. The molecular weight excluding hydrogens is 245 g/mol. The van der Waals surface area contributed by atoms with Crippen LogP contribution in [0, 0.1) is 11.7 Å². The summed E-state index contributed by atoms with van der Waals surface area (Å²) in [5, 5.41) is 0.0697. The summed E-state index contributed by atoms with van der Waals surface area (Å²) >= 11 is 5.67. The van der Waals surface area contributed by atoms with Crippen LogP contribution >= 0.6 is 11.6 Å². The summed E-state index contributed by atoms with van der Waals surface area (Å²) in [6.07, 6.45) is 3.11. The smallest absolute Gasteiger partial charge is 0.224 e. The number of rotatable bonds is 3. The Morgan fingerprint density at radius 3 is 2.94 bits per heavy atom. The first-order valence-electron chi connectivity index (χ1n) is 5.63. The van der Waals surface area contributed by atoms with E-state index in [2.05, 4.69) is 9.97 Å². The predicted molar refractivity (Wildman–Crippen MR) is 63.8 cm³/mol. The first-order valence-corrected chi connectivity index (χ1v) is 6.01. The first kappa shape index (κ1) is 12.5. The minimum atomic E-state index is -0.441. The van der Waals surface area contributed by atoms with E-state index in [1.807, 2.05) is 7.05 Å². The van der Waals surface area contributed by atoms with Gasteiger partial charge in [0, 0.05) is 26.8 Å². The van der Waals surface area contributed by atoms with Gasteiger partial charge in [0.2, 0.25) is 5.28 Å². The normalized spacial score (nSPS) is 17.1. The van der Waals surface area contributed by atoms with Crippen LogP contribution in [0.1, 0.15) is 12.8 Å². The Labute approximate surface area is 105 Å². The van der Waals surface area contributed by atoms with Crippen LogP contribution < -0.4 is 4.90 Å². The fourth-order valence-corrected chi connectivity index (χ4v) is 2.14. The molecule has 0 atom stereocenters. The van der Waals surface area contributed by atoms with E-state index in [0.717, 1.165) is 38.8 Å². The number of anilines is 1. The molecule has 0 radical (unpaired) electrons. The van der Waals surface area contributed by atoms with E-state index in [0.29, 0.717) is 5.92 Å². The fourth-order valence-electron chi connectivity index (χ4n) is 2.01. The van der Waals surface area contributed by atoms with Crippen molar-refractivity contribution in [2.75, 3.05) is 31.7 Å². The number of halogens is 2. The molecule has 1 aromatic rings. The first-order chi connectivity index (χ1) is 8.16. The third-order valence-corrected chi connectivity index (χ3v) is 3.11. The molecule has 0 saturated carbocycles. The molecule has 1 aromatic heterocycles. The molecular formula is C11H15ClFN3O. The summed E-state index contributed by atoms with van der Waals surface area (Å²) in [5.41, 5.74) is 0. The lowest BCUT2D eigenvalue weighted by atomic mass is 10.00. The van der Waals surface area contributed by atoms with Gasteiger partial charge < -0.3 is 9.64 Å². The quantitative estimate of drug-likeness (QED) is 0.780. The van der Waals surface area contributed by atoms with Crippen LogP contribution in [0.2, 0.25) is 5.28 Å². The van der Waals surface area contributed by atoms with E-state index in [9.17, 15) is 4.39 Å². The summed E-state index contributed by atoms with van der Waals surface area (Å²) in [6.45, 7) is 2.32. The van der Waals surface area contributed by atoms with Crippen molar-refractivity contribution in [2.45, 2.75) is 12.8 Å². The number of hydrogen-bond acceptors (Lipinski definition) is 4.